The molecule has 1 fully saturated rings. The van der Waals surface area contributed by atoms with E-state index in [2.05, 4.69) is 21.3 Å². The molecule has 2 aromatic carbocycles. The first-order chi connectivity index (χ1) is 16.5. The van der Waals surface area contributed by atoms with E-state index >= 15 is 0 Å². The summed E-state index contributed by atoms with van der Waals surface area (Å²) >= 11 is 6.19. The third kappa shape index (κ3) is 5.39. The predicted molar refractivity (Wildman–Crippen MR) is 132 cm³/mol. The number of urea groups is 1. The van der Waals surface area contributed by atoms with Crippen molar-refractivity contribution in [2.75, 3.05) is 45.3 Å². The van der Waals surface area contributed by atoms with Crippen LogP contribution in [0.5, 0.6) is 11.5 Å². The van der Waals surface area contributed by atoms with Crippen LogP contribution in [0.15, 0.2) is 47.0 Å². The highest BCUT2D eigenvalue weighted by Crippen LogP contribution is 2.34. The molecule has 0 atom stereocenters. The Morgan fingerprint density at radius 1 is 1.09 bits per heavy atom. The molecule has 1 saturated heterocycles. The van der Waals surface area contributed by atoms with Crippen LogP contribution in [-0.4, -0.2) is 56.3 Å². The number of amides is 2. The molecular formula is C25H29ClN4O4. The molecule has 0 saturated carbocycles. The van der Waals surface area contributed by atoms with E-state index in [1.165, 1.54) is 0 Å². The van der Waals surface area contributed by atoms with Crippen LogP contribution in [0.2, 0.25) is 5.02 Å². The fourth-order valence-corrected chi connectivity index (χ4v) is 4.33. The summed E-state index contributed by atoms with van der Waals surface area (Å²) in [6.07, 6.45) is 2.57. The van der Waals surface area contributed by atoms with Crippen LogP contribution in [0, 0.1) is 6.92 Å². The van der Waals surface area contributed by atoms with Crippen LogP contribution in [-0.2, 0) is 6.54 Å². The molecule has 1 aromatic heterocycles. The lowest BCUT2D eigenvalue weighted by Gasteiger charge is -2.24. The monoisotopic (exact) mass is 484 g/mol. The maximum Gasteiger partial charge on any atom is 0.317 e. The van der Waals surface area contributed by atoms with Crippen molar-refractivity contribution in [2.45, 2.75) is 19.9 Å². The Balaban J connectivity index is 1.37. The molecule has 0 aliphatic carbocycles. The summed E-state index contributed by atoms with van der Waals surface area (Å²) in [5.41, 5.74) is 2.83. The van der Waals surface area contributed by atoms with Gasteiger partial charge in [0.2, 0.25) is 0 Å². The van der Waals surface area contributed by atoms with Gasteiger partial charge in [-0.15, -0.1) is 0 Å². The summed E-state index contributed by atoms with van der Waals surface area (Å²) in [6, 6.07) is 11.5. The van der Waals surface area contributed by atoms with Crippen molar-refractivity contribution in [3.05, 3.63) is 59.1 Å². The van der Waals surface area contributed by atoms with Gasteiger partial charge < -0.3 is 29.0 Å². The molecular weight excluding hydrogens is 456 g/mol. The number of halogens is 1. The zero-order valence-corrected chi connectivity index (χ0v) is 20.4. The molecule has 1 aliphatic rings. The number of carbonyl (C=O) groups excluding carboxylic acids is 1. The van der Waals surface area contributed by atoms with Crippen LogP contribution in [0.25, 0.3) is 11.3 Å². The number of oxazole rings is 1. The summed E-state index contributed by atoms with van der Waals surface area (Å²) in [5, 5.41) is 3.52. The van der Waals surface area contributed by atoms with E-state index < -0.39 is 0 Å². The second-order valence-corrected chi connectivity index (χ2v) is 8.49. The number of rotatable bonds is 6. The van der Waals surface area contributed by atoms with Crippen molar-refractivity contribution in [2.24, 2.45) is 0 Å². The lowest BCUT2D eigenvalue weighted by atomic mass is 10.1. The fourth-order valence-electron chi connectivity index (χ4n) is 4.05. The van der Waals surface area contributed by atoms with E-state index in [0.29, 0.717) is 42.1 Å². The van der Waals surface area contributed by atoms with Crippen LogP contribution in [0.1, 0.15) is 17.9 Å². The first-order valence-corrected chi connectivity index (χ1v) is 11.6. The smallest absolute Gasteiger partial charge is 0.317 e. The quantitative estimate of drug-likeness (QED) is 0.544. The van der Waals surface area contributed by atoms with Gasteiger partial charge in [0.15, 0.2) is 11.7 Å². The van der Waals surface area contributed by atoms with Crippen LogP contribution < -0.4 is 19.7 Å². The molecule has 180 valence electrons. The Hall–Kier alpha value is -3.39. The summed E-state index contributed by atoms with van der Waals surface area (Å²) in [6.45, 7) is 5.12. The van der Waals surface area contributed by atoms with Gasteiger partial charge in [0.25, 0.3) is 0 Å². The molecule has 2 amide bonds. The fraction of sp³-hybridized carbons (Fsp3) is 0.360. The molecule has 8 nitrogen and oxygen atoms in total. The van der Waals surface area contributed by atoms with Crippen molar-refractivity contribution < 1.29 is 18.7 Å². The average molecular weight is 485 g/mol. The van der Waals surface area contributed by atoms with E-state index in [1.54, 1.807) is 26.5 Å². The maximum atomic E-state index is 12.8. The van der Waals surface area contributed by atoms with Gasteiger partial charge in [-0.05, 0) is 36.2 Å². The summed E-state index contributed by atoms with van der Waals surface area (Å²) in [7, 11) is 3.23. The van der Waals surface area contributed by atoms with Gasteiger partial charge in [0.1, 0.15) is 11.5 Å². The number of aryl methyl sites for hydroxylation is 1. The number of methoxy groups -OCH3 is 2. The predicted octanol–water partition coefficient (Wildman–Crippen LogP) is 4.74. The van der Waals surface area contributed by atoms with Gasteiger partial charge in [-0.2, -0.15) is 0 Å². The van der Waals surface area contributed by atoms with Gasteiger partial charge in [-0.3, -0.25) is 0 Å². The normalized spacial score (nSPS) is 14.0. The number of hydrogen-bond acceptors (Lipinski definition) is 6. The van der Waals surface area contributed by atoms with Crippen LogP contribution in [0.3, 0.4) is 0 Å². The molecule has 0 radical (unpaired) electrons. The number of aromatic nitrogens is 1. The highest BCUT2D eigenvalue weighted by molar-refractivity contribution is 6.32. The minimum absolute atomic E-state index is 0.0811. The summed E-state index contributed by atoms with van der Waals surface area (Å²) in [5.74, 6) is 2.63. The molecule has 1 aliphatic heterocycles. The second kappa shape index (κ2) is 10.7. The van der Waals surface area contributed by atoms with E-state index in [-0.39, 0.29) is 6.03 Å². The Kier molecular flexibility index (Phi) is 7.47. The first-order valence-electron chi connectivity index (χ1n) is 11.2. The number of hydrogen-bond donors (Lipinski definition) is 1. The molecule has 9 heteroatoms. The van der Waals surface area contributed by atoms with Crippen LogP contribution in [0.4, 0.5) is 10.5 Å². The Bertz CT molecular complexity index is 1150. The van der Waals surface area contributed by atoms with Crippen molar-refractivity contribution in [3.63, 3.8) is 0 Å². The van der Waals surface area contributed by atoms with Gasteiger partial charge in [-0.1, -0.05) is 17.7 Å². The highest BCUT2D eigenvalue weighted by Gasteiger charge is 2.21. The lowest BCUT2D eigenvalue weighted by molar-refractivity contribution is 0.201. The van der Waals surface area contributed by atoms with Crippen molar-refractivity contribution in [3.8, 4) is 22.8 Å². The summed E-state index contributed by atoms with van der Waals surface area (Å²) < 4.78 is 16.5. The van der Waals surface area contributed by atoms with E-state index in [1.807, 2.05) is 36.1 Å². The summed E-state index contributed by atoms with van der Waals surface area (Å²) in [4.78, 5) is 21.1. The van der Waals surface area contributed by atoms with Gasteiger partial charge in [-0.25, -0.2) is 9.78 Å². The Morgan fingerprint density at radius 3 is 2.62 bits per heavy atom. The third-order valence-electron chi connectivity index (χ3n) is 5.88. The van der Waals surface area contributed by atoms with Gasteiger partial charge in [0, 0.05) is 51.4 Å². The number of ether oxygens (including phenoxy) is 2. The van der Waals surface area contributed by atoms with Crippen molar-refractivity contribution in [1.29, 1.82) is 0 Å². The van der Waals surface area contributed by atoms with Crippen molar-refractivity contribution in [1.82, 2.24) is 15.2 Å². The molecule has 0 spiro atoms. The molecule has 34 heavy (non-hydrogen) atoms. The third-order valence-corrected chi connectivity index (χ3v) is 6.18. The number of anilines is 1. The Labute approximate surface area is 204 Å². The largest absolute Gasteiger partial charge is 0.496 e. The molecule has 0 unspecified atom stereocenters. The number of benzene rings is 2. The second-order valence-electron chi connectivity index (χ2n) is 8.08. The van der Waals surface area contributed by atoms with Gasteiger partial charge >= 0.3 is 6.03 Å². The number of nitrogens with zero attached hydrogens (tertiary/aromatic N) is 3. The zero-order valence-electron chi connectivity index (χ0n) is 19.6. The molecule has 2 heterocycles. The van der Waals surface area contributed by atoms with Crippen molar-refractivity contribution >= 4 is 23.3 Å². The van der Waals surface area contributed by atoms with E-state index in [0.717, 1.165) is 42.1 Å². The molecule has 4 rings (SSSR count). The molecule has 3 aromatic rings. The Morgan fingerprint density at radius 2 is 1.91 bits per heavy atom. The van der Waals surface area contributed by atoms with E-state index in [9.17, 15) is 4.79 Å². The molecule has 1 N–H and O–H groups in total. The number of carbonyl (C=O) groups is 1. The standard InChI is InChI=1S/C25H29ClN4O4/c1-17-27-16-24(34-17)20-7-6-19(14-23(20)33-3)29-9-4-10-30(12-11-29)25(31)28-15-18-5-8-22(32-2)21(26)13-18/h5-8,13-14,16H,4,9-12,15H2,1-3H3,(H,28,31). The maximum absolute atomic E-state index is 12.8. The topological polar surface area (TPSA) is 80.1 Å². The first kappa shape index (κ1) is 23.8. The number of nitrogens with one attached hydrogen (secondary N) is 1. The average Bonchev–Trinajstić information content (AvgIpc) is 3.13. The van der Waals surface area contributed by atoms with E-state index in [4.69, 9.17) is 25.5 Å². The van der Waals surface area contributed by atoms with Gasteiger partial charge in [0.05, 0.1) is 31.0 Å². The molecule has 0 bridgehead atoms. The SMILES string of the molecule is COc1ccc(CNC(=O)N2CCCN(c3ccc(-c4cnc(C)o4)c(OC)c3)CC2)cc1Cl. The van der Waals surface area contributed by atoms with Crippen LogP contribution >= 0.6 is 11.6 Å². The minimum Gasteiger partial charge on any atom is -0.496 e. The zero-order chi connectivity index (χ0) is 24.1. The highest BCUT2D eigenvalue weighted by atomic mass is 35.5. The lowest BCUT2D eigenvalue weighted by Crippen LogP contribution is -2.41. The minimum atomic E-state index is -0.0811.